The van der Waals surface area contributed by atoms with Crippen molar-refractivity contribution in [3.05, 3.63) is 95.4 Å². The summed E-state index contributed by atoms with van der Waals surface area (Å²) < 4.78 is 0. The Hall–Kier alpha value is -3.67. The van der Waals surface area contributed by atoms with Gasteiger partial charge in [-0.05, 0) is 73.5 Å². The SMILES string of the molecule is C=C/C(=C\C(=C/C)c1ccc2[nH]nc(-c3cc4c(-c5ccc(C)s5)cccc4[nH]3)c2c1)CNCC. The zero-order chi connectivity index (χ0) is 24.4. The minimum absolute atomic E-state index is 0.803. The number of aromatic nitrogens is 3. The van der Waals surface area contributed by atoms with E-state index in [0.29, 0.717) is 0 Å². The molecule has 35 heavy (non-hydrogen) atoms. The fourth-order valence-electron chi connectivity index (χ4n) is 4.46. The van der Waals surface area contributed by atoms with Gasteiger partial charge in [0.15, 0.2) is 0 Å². The molecule has 0 aliphatic heterocycles. The zero-order valence-corrected chi connectivity index (χ0v) is 21.2. The molecular formula is C30H30N4S. The molecule has 0 fully saturated rings. The molecule has 176 valence electrons. The summed E-state index contributed by atoms with van der Waals surface area (Å²) in [5.74, 6) is 0. The molecule has 0 saturated heterocycles. The van der Waals surface area contributed by atoms with E-state index in [4.69, 9.17) is 5.10 Å². The second-order valence-corrected chi connectivity index (χ2v) is 9.93. The van der Waals surface area contributed by atoms with Crippen molar-refractivity contribution in [2.45, 2.75) is 20.8 Å². The average Bonchev–Trinajstić information content (AvgIpc) is 3.61. The first-order valence-corrected chi connectivity index (χ1v) is 12.8. The molecule has 0 radical (unpaired) electrons. The lowest BCUT2D eigenvalue weighted by Crippen LogP contribution is -2.15. The smallest absolute Gasteiger partial charge is 0.116 e. The van der Waals surface area contributed by atoms with E-state index in [9.17, 15) is 0 Å². The van der Waals surface area contributed by atoms with Crippen molar-refractivity contribution in [1.29, 1.82) is 0 Å². The predicted molar refractivity (Wildman–Crippen MR) is 152 cm³/mol. The second-order valence-electron chi connectivity index (χ2n) is 8.64. The van der Waals surface area contributed by atoms with Crippen LogP contribution in [0.15, 0.2) is 85.0 Å². The zero-order valence-electron chi connectivity index (χ0n) is 20.4. The topological polar surface area (TPSA) is 56.5 Å². The molecule has 0 atom stereocenters. The summed E-state index contributed by atoms with van der Waals surface area (Å²) in [6.07, 6.45) is 6.27. The predicted octanol–water partition coefficient (Wildman–Crippen LogP) is 7.87. The highest BCUT2D eigenvalue weighted by atomic mass is 32.1. The second kappa shape index (κ2) is 9.90. The van der Waals surface area contributed by atoms with Crippen molar-refractivity contribution in [3.8, 4) is 21.8 Å². The minimum atomic E-state index is 0.803. The van der Waals surface area contributed by atoms with Gasteiger partial charge in [-0.15, -0.1) is 11.3 Å². The molecule has 3 heterocycles. The summed E-state index contributed by atoms with van der Waals surface area (Å²) in [5.41, 5.74) is 8.83. The number of allylic oxidation sites excluding steroid dienone is 3. The summed E-state index contributed by atoms with van der Waals surface area (Å²) in [7, 11) is 0. The van der Waals surface area contributed by atoms with Gasteiger partial charge in [0, 0.05) is 38.2 Å². The van der Waals surface area contributed by atoms with E-state index in [0.717, 1.165) is 46.5 Å². The number of aryl methyl sites for hydroxylation is 1. The number of hydrogen-bond acceptors (Lipinski definition) is 3. The quantitative estimate of drug-likeness (QED) is 0.199. The molecule has 0 saturated carbocycles. The Labute approximate surface area is 210 Å². The van der Waals surface area contributed by atoms with Gasteiger partial charge >= 0.3 is 0 Å². The van der Waals surface area contributed by atoms with E-state index < -0.39 is 0 Å². The number of thiophene rings is 1. The van der Waals surface area contributed by atoms with Crippen LogP contribution in [0.25, 0.3) is 49.2 Å². The van der Waals surface area contributed by atoms with Gasteiger partial charge < -0.3 is 10.3 Å². The van der Waals surface area contributed by atoms with Crippen LogP contribution in [-0.2, 0) is 0 Å². The lowest BCUT2D eigenvalue weighted by molar-refractivity contribution is 0.785. The van der Waals surface area contributed by atoms with Crippen LogP contribution >= 0.6 is 11.3 Å². The Bertz CT molecular complexity index is 1570. The van der Waals surface area contributed by atoms with E-state index in [2.05, 4.69) is 109 Å². The van der Waals surface area contributed by atoms with Crippen LogP contribution in [0.5, 0.6) is 0 Å². The molecule has 5 rings (SSSR count). The summed E-state index contributed by atoms with van der Waals surface area (Å²) in [6, 6.07) is 19.5. The summed E-state index contributed by atoms with van der Waals surface area (Å²) >= 11 is 1.83. The van der Waals surface area contributed by atoms with Gasteiger partial charge in [-0.1, -0.05) is 49.9 Å². The first kappa shape index (κ1) is 23.1. The normalized spacial score (nSPS) is 12.7. The highest BCUT2D eigenvalue weighted by Crippen LogP contribution is 2.37. The molecule has 0 aliphatic rings. The number of rotatable bonds is 8. The highest BCUT2D eigenvalue weighted by Gasteiger charge is 2.15. The van der Waals surface area contributed by atoms with Crippen LogP contribution in [-0.4, -0.2) is 28.3 Å². The fourth-order valence-corrected chi connectivity index (χ4v) is 5.37. The molecule has 4 nitrogen and oxygen atoms in total. The number of likely N-dealkylation sites (N-methyl/N-ethyl adjacent to an activating group) is 1. The van der Waals surface area contributed by atoms with Crippen molar-refractivity contribution in [2.75, 3.05) is 13.1 Å². The monoisotopic (exact) mass is 478 g/mol. The number of hydrogen-bond donors (Lipinski definition) is 3. The van der Waals surface area contributed by atoms with Gasteiger partial charge in [0.1, 0.15) is 5.69 Å². The molecule has 0 spiro atoms. The van der Waals surface area contributed by atoms with Crippen LogP contribution in [0.1, 0.15) is 24.3 Å². The minimum Gasteiger partial charge on any atom is -0.353 e. The van der Waals surface area contributed by atoms with Gasteiger partial charge in [-0.2, -0.15) is 5.10 Å². The van der Waals surface area contributed by atoms with E-state index >= 15 is 0 Å². The number of aromatic amines is 2. The molecule has 0 unspecified atom stereocenters. The maximum absolute atomic E-state index is 4.70. The van der Waals surface area contributed by atoms with E-state index in [1.54, 1.807) is 0 Å². The van der Waals surface area contributed by atoms with Gasteiger partial charge in [-0.3, -0.25) is 5.10 Å². The molecule has 5 heteroatoms. The molecule has 3 N–H and O–H groups in total. The van der Waals surface area contributed by atoms with Crippen LogP contribution in [0.2, 0.25) is 0 Å². The van der Waals surface area contributed by atoms with Crippen molar-refractivity contribution in [2.24, 2.45) is 0 Å². The van der Waals surface area contributed by atoms with E-state index in [1.165, 1.54) is 31.9 Å². The van der Waals surface area contributed by atoms with E-state index in [-0.39, 0.29) is 0 Å². The molecule has 0 amide bonds. The molecular weight excluding hydrogens is 448 g/mol. The van der Waals surface area contributed by atoms with Crippen LogP contribution < -0.4 is 5.32 Å². The number of benzene rings is 2. The lowest BCUT2D eigenvalue weighted by atomic mass is 10.00. The van der Waals surface area contributed by atoms with Crippen molar-refractivity contribution in [1.82, 2.24) is 20.5 Å². The molecule has 2 aromatic carbocycles. The number of nitrogens with zero attached hydrogens (tertiary/aromatic N) is 1. The molecule has 0 bridgehead atoms. The Balaban J connectivity index is 1.58. The standard InChI is InChI=1S/C30H30N4S/c1-5-20(18-31-7-3)15-21(6-2)22-12-13-27-25(16-22)30(34-33-27)28-17-24-23(9-8-10-26(24)32-28)29-14-11-19(4)35-29/h5-6,8-17,31-32H,1,7,18H2,2-4H3,(H,33,34)/b20-15+,21-6+. The average molecular weight is 479 g/mol. The van der Waals surface area contributed by atoms with Crippen molar-refractivity contribution < 1.29 is 0 Å². The maximum Gasteiger partial charge on any atom is 0.116 e. The number of nitrogens with one attached hydrogen (secondary N) is 3. The van der Waals surface area contributed by atoms with Crippen LogP contribution in [0, 0.1) is 6.92 Å². The Morgan fingerprint density at radius 2 is 1.97 bits per heavy atom. The van der Waals surface area contributed by atoms with Gasteiger partial charge in [0.2, 0.25) is 0 Å². The third-order valence-electron chi connectivity index (χ3n) is 6.31. The van der Waals surface area contributed by atoms with Crippen LogP contribution in [0.4, 0.5) is 0 Å². The largest absolute Gasteiger partial charge is 0.353 e. The molecule has 3 aromatic heterocycles. The number of fused-ring (bicyclic) bond motifs is 2. The van der Waals surface area contributed by atoms with E-state index in [1.807, 2.05) is 17.4 Å². The maximum atomic E-state index is 4.70. The molecule has 0 aliphatic carbocycles. The van der Waals surface area contributed by atoms with Crippen LogP contribution in [0.3, 0.4) is 0 Å². The number of H-pyrrole nitrogens is 2. The first-order chi connectivity index (χ1) is 17.1. The van der Waals surface area contributed by atoms with Gasteiger partial charge in [0.25, 0.3) is 0 Å². The molecule has 5 aromatic rings. The van der Waals surface area contributed by atoms with Crippen molar-refractivity contribution in [3.63, 3.8) is 0 Å². The first-order valence-electron chi connectivity index (χ1n) is 12.0. The summed E-state index contributed by atoms with van der Waals surface area (Å²) in [4.78, 5) is 6.21. The highest BCUT2D eigenvalue weighted by molar-refractivity contribution is 7.15. The lowest BCUT2D eigenvalue weighted by Gasteiger charge is -2.07. The van der Waals surface area contributed by atoms with Gasteiger partial charge in [0.05, 0.1) is 11.2 Å². The Morgan fingerprint density at radius 1 is 1.09 bits per heavy atom. The summed E-state index contributed by atoms with van der Waals surface area (Å²) in [6.45, 7) is 12.1. The summed E-state index contributed by atoms with van der Waals surface area (Å²) in [5, 5.41) is 13.6. The third kappa shape index (κ3) is 4.53. The van der Waals surface area contributed by atoms with Gasteiger partial charge in [-0.25, -0.2) is 0 Å². The Morgan fingerprint density at radius 3 is 2.71 bits per heavy atom. The Kier molecular flexibility index (Phi) is 6.53. The third-order valence-corrected chi connectivity index (χ3v) is 7.35. The fraction of sp³-hybridized carbons (Fsp3) is 0.167. The van der Waals surface area contributed by atoms with Crippen molar-refractivity contribution >= 4 is 38.7 Å².